The van der Waals surface area contributed by atoms with E-state index in [2.05, 4.69) is 24.5 Å². The first-order chi connectivity index (χ1) is 13.1. The Bertz CT molecular complexity index is 827. The minimum Gasteiger partial charge on any atom is -0.494 e. The van der Waals surface area contributed by atoms with Crippen molar-refractivity contribution >= 4 is 17.3 Å². The molecule has 2 rings (SSSR count). The van der Waals surface area contributed by atoms with E-state index < -0.39 is 5.91 Å². The van der Waals surface area contributed by atoms with Crippen molar-refractivity contribution in [2.75, 3.05) is 17.2 Å². The van der Waals surface area contributed by atoms with Crippen LogP contribution in [0.5, 0.6) is 5.75 Å². The third-order valence-corrected chi connectivity index (χ3v) is 4.15. The van der Waals surface area contributed by atoms with E-state index in [0.717, 1.165) is 35.4 Å². The molecule has 0 bridgehead atoms. The summed E-state index contributed by atoms with van der Waals surface area (Å²) in [4.78, 5) is 12.4. The third kappa shape index (κ3) is 5.35. The highest BCUT2D eigenvalue weighted by atomic mass is 16.5. The molecule has 0 spiro atoms. The van der Waals surface area contributed by atoms with Gasteiger partial charge < -0.3 is 15.4 Å². The average Bonchev–Trinajstić information content (AvgIpc) is 2.70. The van der Waals surface area contributed by atoms with Gasteiger partial charge in [0.05, 0.1) is 6.61 Å². The molecular weight excluding hydrogens is 338 g/mol. The highest BCUT2D eigenvalue weighted by Crippen LogP contribution is 2.23. The van der Waals surface area contributed by atoms with Crippen LogP contribution in [0.3, 0.4) is 0 Å². The zero-order valence-electron chi connectivity index (χ0n) is 16.0. The first-order valence-corrected chi connectivity index (χ1v) is 9.14. The molecular formula is C22H25N3O2. The molecule has 0 radical (unpaired) electrons. The number of rotatable bonds is 8. The summed E-state index contributed by atoms with van der Waals surface area (Å²) in [5.41, 5.74) is 3.87. The van der Waals surface area contributed by atoms with Gasteiger partial charge >= 0.3 is 0 Å². The number of hydrogen-bond donors (Lipinski definition) is 2. The SMILES string of the molecule is CCOc1ccc(NC(=O)/C(C#N)=C\Nc2c(CC)cccc2CC)cc1. The Morgan fingerprint density at radius 1 is 1.07 bits per heavy atom. The van der Waals surface area contributed by atoms with Crippen molar-refractivity contribution in [1.29, 1.82) is 5.26 Å². The van der Waals surface area contributed by atoms with E-state index in [1.807, 2.05) is 31.2 Å². The fraction of sp³-hybridized carbons (Fsp3) is 0.273. The molecule has 0 saturated carbocycles. The van der Waals surface area contributed by atoms with Crippen LogP contribution in [0.25, 0.3) is 0 Å². The number of nitrogens with zero attached hydrogens (tertiary/aromatic N) is 1. The number of anilines is 2. The van der Waals surface area contributed by atoms with Crippen molar-refractivity contribution in [3.8, 4) is 11.8 Å². The normalized spacial score (nSPS) is 10.8. The Morgan fingerprint density at radius 3 is 2.22 bits per heavy atom. The van der Waals surface area contributed by atoms with Crippen molar-refractivity contribution in [1.82, 2.24) is 0 Å². The molecule has 2 aromatic rings. The van der Waals surface area contributed by atoms with Gasteiger partial charge in [-0.1, -0.05) is 32.0 Å². The maximum Gasteiger partial charge on any atom is 0.267 e. The summed E-state index contributed by atoms with van der Waals surface area (Å²) in [6.07, 6.45) is 3.20. The molecule has 1 amide bonds. The second-order valence-corrected chi connectivity index (χ2v) is 5.88. The number of nitrogens with one attached hydrogen (secondary N) is 2. The quantitative estimate of drug-likeness (QED) is 0.528. The Labute approximate surface area is 160 Å². The molecule has 0 saturated heterocycles. The van der Waals surface area contributed by atoms with Crippen LogP contribution in [0.2, 0.25) is 0 Å². The number of benzene rings is 2. The second-order valence-electron chi connectivity index (χ2n) is 5.88. The second kappa shape index (κ2) is 10.0. The molecule has 0 fully saturated rings. The highest BCUT2D eigenvalue weighted by molar-refractivity contribution is 6.06. The topological polar surface area (TPSA) is 74.1 Å². The number of para-hydroxylation sites is 1. The Morgan fingerprint density at radius 2 is 1.70 bits per heavy atom. The number of amides is 1. The Hall–Kier alpha value is -3.26. The maximum atomic E-state index is 12.4. The van der Waals surface area contributed by atoms with E-state index in [1.165, 1.54) is 6.20 Å². The summed E-state index contributed by atoms with van der Waals surface area (Å²) in [6.45, 7) is 6.64. The predicted molar refractivity (Wildman–Crippen MR) is 109 cm³/mol. The largest absolute Gasteiger partial charge is 0.494 e. The molecule has 2 aromatic carbocycles. The first kappa shape index (κ1) is 20.1. The van der Waals surface area contributed by atoms with Crippen LogP contribution in [-0.4, -0.2) is 12.5 Å². The van der Waals surface area contributed by atoms with Gasteiger partial charge in [0.15, 0.2) is 0 Å². The maximum absolute atomic E-state index is 12.4. The van der Waals surface area contributed by atoms with Crippen LogP contribution in [0.15, 0.2) is 54.2 Å². The minimum absolute atomic E-state index is 0.0110. The number of hydrogen-bond acceptors (Lipinski definition) is 4. The lowest BCUT2D eigenvalue weighted by Gasteiger charge is -2.13. The highest BCUT2D eigenvalue weighted by Gasteiger charge is 2.11. The summed E-state index contributed by atoms with van der Waals surface area (Å²) < 4.78 is 5.38. The molecule has 5 nitrogen and oxygen atoms in total. The number of carbonyl (C=O) groups is 1. The van der Waals surface area contributed by atoms with E-state index in [4.69, 9.17) is 4.74 Å². The first-order valence-electron chi connectivity index (χ1n) is 9.14. The summed E-state index contributed by atoms with van der Waals surface area (Å²) in [5.74, 6) is 0.276. The summed E-state index contributed by atoms with van der Waals surface area (Å²) in [7, 11) is 0. The minimum atomic E-state index is -0.457. The molecule has 0 aliphatic rings. The zero-order chi connectivity index (χ0) is 19.6. The van der Waals surface area contributed by atoms with E-state index in [-0.39, 0.29) is 5.57 Å². The molecule has 0 aromatic heterocycles. The molecule has 0 heterocycles. The lowest BCUT2D eigenvalue weighted by Crippen LogP contribution is -2.14. The molecule has 0 aliphatic heterocycles. The summed E-state index contributed by atoms with van der Waals surface area (Å²) in [5, 5.41) is 15.3. The monoisotopic (exact) mass is 363 g/mol. The van der Waals surface area contributed by atoms with Gasteiger partial charge in [-0.2, -0.15) is 5.26 Å². The van der Waals surface area contributed by atoms with Gasteiger partial charge in [0, 0.05) is 17.6 Å². The number of nitriles is 1. The van der Waals surface area contributed by atoms with Crippen LogP contribution >= 0.6 is 0 Å². The smallest absolute Gasteiger partial charge is 0.267 e. The predicted octanol–water partition coefficient (Wildman–Crippen LogP) is 4.67. The van der Waals surface area contributed by atoms with Gasteiger partial charge in [-0.15, -0.1) is 0 Å². The van der Waals surface area contributed by atoms with Gasteiger partial charge in [0.2, 0.25) is 0 Å². The fourth-order valence-electron chi connectivity index (χ4n) is 2.72. The van der Waals surface area contributed by atoms with Crippen molar-refractivity contribution in [3.05, 3.63) is 65.4 Å². The van der Waals surface area contributed by atoms with Crippen molar-refractivity contribution in [3.63, 3.8) is 0 Å². The lowest BCUT2D eigenvalue weighted by atomic mass is 10.0. The Kier molecular flexibility index (Phi) is 7.45. The molecule has 27 heavy (non-hydrogen) atoms. The van der Waals surface area contributed by atoms with Gasteiger partial charge in [0.25, 0.3) is 5.91 Å². The van der Waals surface area contributed by atoms with Crippen molar-refractivity contribution < 1.29 is 9.53 Å². The summed E-state index contributed by atoms with van der Waals surface area (Å²) >= 11 is 0. The van der Waals surface area contributed by atoms with E-state index in [1.54, 1.807) is 24.3 Å². The van der Waals surface area contributed by atoms with Gasteiger partial charge in [-0.25, -0.2) is 0 Å². The van der Waals surface area contributed by atoms with Crippen LogP contribution in [-0.2, 0) is 17.6 Å². The average molecular weight is 363 g/mol. The van der Waals surface area contributed by atoms with Crippen molar-refractivity contribution in [2.24, 2.45) is 0 Å². The lowest BCUT2D eigenvalue weighted by molar-refractivity contribution is -0.112. The van der Waals surface area contributed by atoms with Crippen LogP contribution in [0.1, 0.15) is 31.9 Å². The molecule has 2 N–H and O–H groups in total. The number of aryl methyl sites for hydroxylation is 2. The van der Waals surface area contributed by atoms with Crippen molar-refractivity contribution in [2.45, 2.75) is 33.6 Å². The molecule has 140 valence electrons. The molecule has 0 unspecified atom stereocenters. The van der Waals surface area contributed by atoms with Gasteiger partial charge in [-0.3, -0.25) is 4.79 Å². The molecule has 0 atom stereocenters. The standard InChI is InChI=1S/C22H25N3O2/c1-4-16-8-7-9-17(5-2)21(16)24-15-18(14-23)22(26)25-19-10-12-20(13-11-19)27-6-3/h7-13,15,24H,4-6H2,1-3H3,(H,25,26)/b18-15-. The third-order valence-electron chi connectivity index (χ3n) is 4.15. The summed E-state index contributed by atoms with van der Waals surface area (Å²) in [6, 6.07) is 15.1. The van der Waals surface area contributed by atoms with Crippen LogP contribution in [0.4, 0.5) is 11.4 Å². The molecule has 5 heteroatoms. The Balaban J connectivity index is 2.14. The van der Waals surface area contributed by atoms with E-state index in [0.29, 0.717) is 12.3 Å². The van der Waals surface area contributed by atoms with E-state index in [9.17, 15) is 10.1 Å². The van der Waals surface area contributed by atoms with Gasteiger partial charge in [-0.05, 0) is 55.2 Å². The zero-order valence-corrected chi connectivity index (χ0v) is 16.0. The van der Waals surface area contributed by atoms with Crippen LogP contribution in [0, 0.1) is 11.3 Å². The number of ether oxygens (including phenoxy) is 1. The van der Waals surface area contributed by atoms with E-state index >= 15 is 0 Å². The fourth-order valence-corrected chi connectivity index (χ4v) is 2.72. The molecule has 0 aliphatic carbocycles. The van der Waals surface area contributed by atoms with Crippen LogP contribution < -0.4 is 15.4 Å². The van der Waals surface area contributed by atoms with Gasteiger partial charge in [0.1, 0.15) is 17.4 Å². The number of carbonyl (C=O) groups excluding carboxylic acids is 1.